The maximum Gasteiger partial charge on any atom is 0.236 e. The maximum atomic E-state index is 12.4. The summed E-state index contributed by atoms with van der Waals surface area (Å²) in [5.74, 6) is 0.702. The SMILES string of the molecule is O=S(=O)(Nc1ncccc1OCc1ccccc1)C1CCCC1. The molecular formula is C17H20N2O3S. The van der Waals surface area contributed by atoms with Crippen molar-refractivity contribution in [2.45, 2.75) is 37.5 Å². The van der Waals surface area contributed by atoms with Gasteiger partial charge in [-0.25, -0.2) is 13.4 Å². The molecule has 0 atom stereocenters. The minimum absolute atomic E-state index is 0.260. The van der Waals surface area contributed by atoms with Gasteiger partial charge in [0.25, 0.3) is 0 Å². The molecule has 1 aromatic carbocycles. The number of rotatable bonds is 6. The topological polar surface area (TPSA) is 68.3 Å². The molecule has 5 nitrogen and oxygen atoms in total. The summed E-state index contributed by atoms with van der Waals surface area (Å²) in [5, 5.41) is -0.327. The number of benzene rings is 1. The molecule has 0 unspecified atom stereocenters. The first-order valence-corrected chi connectivity index (χ1v) is 9.33. The molecule has 1 heterocycles. The van der Waals surface area contributed by atoms with Crippen molar-refractivity contribution in [3.63, 3.8) is 0 Å². The van der Waals surface area contributed by atoms with E-state index in [9.17, 15) is 8.42 Å². The number of aromatic nitrogens is 1. The van der Waals surface area contributed by atoms with Crippen LogP contribution in [0.5, 0.6) is 5.75 Å². The van der Waals surface area contributed by atoms with Crippen molar-refractivity contribution in [1.82, 2.24) is 4.98 Å². The Labute approximate surface area is 136 Å². The van der Waals surface area contributed by atoms with Crippen molar-refractivity contribution in [2.75, 3.05) is 4.72 Å². The molecule has 0 saturated heterocycles. The van der Waals surface area contributed by atoms with Gasteiger partial charge in [0.15, 0.2) is 11.6 Å². The standard InChI is InChI=1S/C17H20N2O3S/c20-23(21,15-9-4-5-10-15)19-17-16(11-6-12-18-17)22-13-14-7-2-1-3-8-14/h1-3,6-8,11-12,15H,4-5,9-10,13H2,(H,18,19). The molecule has 1 aliphatic rings. The average Bonchev–Trinajstić information content (AvgIpc) is 3.10. The summed E-state index contributed by atoms with van der Waals surface area (Å²) < 4.78 is 33.2. The van der Waals surface area contributed by atoms with Crippen molar-refractivity contribution in [3.8, 4) is 5.75 Å². The van der Waals surface area contributed by atoms with Crippen molar-refractivity contribution < 1.29 is 13.2 Å². The smallest absolute Gasteiger partial charge is 0.236 e. The van der Waals surface area contributed by atoms with Crippen LogP contribution < -0.4 is 9.46 Å². The summed E-state index contributed by atoms with van der Waals surface area (Å²) in [7, 11) is -3.41. The first kappa shape index (κ1) is 15.8. The summed E-state index contributed by atoms with van der Waals surface area (Å²) in [4.78, 5) is 4.13. The van der Waals surface area contributed by atoms with Gasteiger partial charge in [-0.2, -0.15) is 0 Å². The molecule has 122 valence electrons. The van der Waals surface area contributed by atoms with Gasteiger partial charge in [0.05, 0.1) is 5.25 Å². The molecule has 2 aromatic rings. The quantitative estimate of drug-likeness (QED) is 0.881. The molecule has 0 aliphatic heterocycles. The predicted octanol–water partition coefficient (Wildman–Crippen LogP) is 3.34. The lowest BCUT2D eigenvalue weighted by Crippen LogP contribution is -2.26. The molecule has 0 amide bonds. The Morgan fingerprint density at radius 1 is 1.09 bits per heavy atom. The molecule has 6 heteroatoms. The van der Waals surface area contributed by atoms with Gasteiger partial charge >= 0.3 is 0 Å². The first-order valence-electron chi connectivity index (χ1n) is 7.78. The van der Waals surface area contributed by atoms with Crippen LogP contribution in [0.1, 0.15) is 31.2 Å². The molecule has 1 N–H and O–H groups in total. The van der Waals surface area contributed by atoms with E-state index in [1.54, 1.807) is 18.3 Å². The molecule has 1 aromatic heterocycles. The molecule has 1 fully saturated rings. The summed E-state index contributed by atoms with van der Waals surface area (Å²) >= 11 is 0. The lowest BCUT2D eigenvalue weighted by atomic mass is 10.2. The fraction of sp³-hybridized carbons (Fsp3) is 0.353. The van der Waals surface area contributed by atoms with E-state index >= 15 is 0 Å². The van der Waals surface area contributed by atoms with Crippen LogP contribution in [-0.4, -0.2) is 18.7 Å². The highest BCUT2D eigenvalue weighted by molar-refractivity contribution is 7.93. The highest BCUT2D eigenvalue weighted by Gasteiger charge is 2.29. The fourth-order valence-corrected chi connectivity index (χ4v) is 4.28. The monoisotopic (exact) mass is 332 g/mol. The zero-order valence-electron chi connectivity index (χ0n) is 12.8. The normalized spacial score (nSPS) is 15.5. The van der Waals surface area contributed by atoms with Gasteiger partial charge in [-0.3, -0.25) is 4.72 Å². The van der Waals surface area contributed by atoms with Crippen LogP contribution in [0.3, 0.4) is 0 Å². The summed E-state index contributed by atoms with van der Waals surface area (Å²) in [6, 6.07) is 13.2. The van der Waals surface area contributed by atoms with E-state index in [-0.39, 0.29) is 11.1 Å². The predicted molar refractivity (Wildman–Crippen MR) is 89.8 cm³/mol. The Morgan fingerprint density at radius 2 is 1.83 bits per heavy atom. The third-order valence-corrected chi connectivity index (χ3v) is 5.81. The van der Waals surface area contributed by atoms with Gasteiger partial charge in [0, 0.05) is 6.20 Å². The van der Waals surface area contributed by atoms with Crippen LogP contribution in [-0.2, 0) is 16.6 Å². The van der Waals surface area contributed by atoms with Crippen LogP contribution in [0.2, 0.25) is 0 Å². The summed E-state index contributed by atoms with van der Waals surface area (Å²) in [6.07, 6.45) is 4.91. The highest BCUT2D eigenvalue weighted by atomic mass is 32.2. The van der Waals surface area contributed by atoms with Crippen molar-refractivity contribution in [2.24, 2.45) is 0 Å². The van der Waals surface area contributed by atoms with Crippen LogP contribution in [0.15, 0.2) is 48.7 Å². The second-order valence-corrected chi connectivity index (χ2v) is 7.64. The second-order valence-electron chi connectivity index (χ2n) is 5.68. The van der Waals surface area contributed by atoms with Crippen LogP contribution >= 0.6 is 0 Å². The fourth-order valence-electron chi connectivity index (χ4n) is 2.74. The second kappa shape index (κ2) is 7.00. The maximum absolute atomic E-state index is 12.4. The number of sulfonamides is 1. The number of hydrogen-bond donors (Lipinski definition) is 1. The molecule has 1 saturated carbocycles. The minimum Gasteiger partial charge on any atom is -0.485 e. The molecule has 0 radical (unpaired) electrons. The van der Waals surface area contributed by atoms with Crippen molar-refractivity contribution >= 4 is 15.8 Å². The van der Waals surface area contributed by atoms with E-state index in [4.69, 9.17) is 4.74 Å². The molecule has 0 spiro atoms. The van der Waals surface area contributed by atoms with E-state index in [1.807, 2.05) is 30.3 Å². The third-order valence-electron chi connectivity index (χ3n) is 3.99. The van der Waals surface area contributed by atoms with Crippen LogP contribution in [0, 0.1) is 0 Å². The lowest BCUT2D eigenvalue weighted by Gasteiger charge is -2.15. The summed E-state index contributed by atoms with van der Waals surface area (Å²) in [5.41, 5.74) is 1.01. The van der Waals surface area contributed by atoms with Crippen LogP contribution in [0.4, 0.5) is 5.82 Å². The third kappa shape index (κ3) is 4.01. The summed E-state index contributed by atoms with van der Waals surface area (Å²) in [6.45, 7) is 0.366. The van der Waals surface area contributed by atoms with Crippen molar-refractivity contribution in [1.29, 1.82) is 0 Å². The van der Waals surface area contributed by atoms with Gasteiger partial charge in [0.2, 0.25) is 10.0 Å². The average molecular weight is 332 g/mol. The zero-order chi connectivity index (χ0) is 16.1. The van der Waals surface area contributed by atoms with Gasteiger partial charge in [-0.15, -0.1) is 0 Å². The van der Waals surface area contributed by atoms with E-state index in [1.165, 1.54) is 0 Å². The number of ether oxygens (including phenoxy) is 1. The van der Waals surface area contributed by atoms with Gasteiger partial charge in [0.1, 0.15) is 6.61 Å². The number of hydrogen-bond acceptors (Lipinski definition) is 4. The van der Waals surface area contributed by atoms with Gasteiger partial charge < -0.3 is 4.74 Å². The van der Waals surface area contributed by atoms with Crippen molar-refractivity contribution in [3.05, 3.63) is 54.2 Å². The zero-order valence-corrected chi connectivity index (χ0v) is 13.6. The highest BCUT2D eigenvalue weighted by Crippen LogP contribution is 2.29. The Morgan fingerprint density at radius 3 is 2.57 bits per heavy atom. The Hall–Kier alpha value is -2.08. The number of nitrogens with zero attached hydrogens (tertiary/aromatic N) is 1. The number of anilines is 1. The van der Waals surface area contributed by atoms with E-state index in [2.05, 4.69) is 9.71 Å². The first-order chi connectivity index (χ1) is 11.1. The van der Waals surface area contributed by atoms with Crippen LogP contribution in [0.25, 0.3) is 0 Å². The van der Waals surface area contributed by atoms with Gasteiger partial charge in [-0.05, 0) is 30.5 Å². The molecule has 23 heavy (non-hydrogen) atoms. The van der Waals surface area contributed by atoms with E-state index in [0.29, 0.717) is 25.2 Å². The molecule has 0 bridgehead atoms. The molecule has 1 aliphatic carbocycles. The molecule has 3 rings (SSSR count). The Balaban J connectivity index is 1.73. The number of nitrogens with one attached hydrogen (secondary N) is 1. The van der Waals surface area contributed by atoms with E-state index in [0.717, 1.165) is 18.4 Å². The Bertz CT molecular complexity index is 741. The van der Waals surface area contributed by atoms with E-state index < -0.39 is 10.0 Å². The minimum atomic E-state index is -3.41. The number of pyridine rings is 1. The largest absolute Gasteiger partial charge is 0.485 e. The van der Waals surface area contributed by atoms with Gasteiger partial charge in [-0.1, -0.05) is 43.2 Å². The molecular weight excluding hydrogens is 312 g/mol. The lowest BCUT2D eigenvalue weighted by molar-refractivity contribution is 0.307. The Kier molecular flexibility index (Phi) is 4.81.